The van der Waals surface area contributed by atoms with Crippen molar-refractivity contribution >= 4 is 39.0 Å². The van der Waals surface area contributed by atoms with Gasteiger partial charge in [0.25, 0.3) is 0 Å². The largest absolute Gasteiger partial charge is 0.369 e. The van der Waals surface area contributed by atoms with Crippen LogP contribution in [0.4, 0.5) is 5.82 Å². The van der Waals surface area contributed by atoms with Gasteiger partial charge >= 0.3 is 0 Å². The topological polar surface area (TPSA) is 37.8 Å². The summed E-state index contributed by atoms with van der Waals surface area (Å²) in [6.45, 7) is 3.06. The molecule has 2 aromatic heterocycles. The van der Waals surface area contributed by atoms with E-state index in [0.29, 0.717) is 6.42 Å². The van der Waals surface area contributed by atoms with Gasteiger partial charge in [0.2, 0.25) is 0 Å². The van der Waals surface area contributed by atoms with Crippen LogP contribution in [0, 0.1) is 0 Å². The van der Waals surface area contributed by atoms with Gasteiger partial charge in [-0.1, -0.05) is 30.7 Å². The normalized spacial score (nSPS) is 11.0. The van der Waals surface area contributed by atoms with E-state index in [-0.39, 0.29) is 0 Å². The predicted octanol–water partition coefficient (Wildman–Crippen LogP) is 4.76. The van der Waals surface area contributed by atoms with Crippen molar-refractivity contribution in [3.8, 4) is 0 Å². The summed E-state index contributed by atoms with van der Waals surface area (Å²) >= 11 is 7.68. The van der Waals surface area contributed by atoms with E-state index < -0.39 is 0 Å². The van der Waals surface area contributed by atoms with E-state index in [2.05, 4.69) is 33.7 Å². The number of hydrogen-bond donors (Lipinski definition) is 1. The van der Waals surface area contributed by atoms with Gasteiger partial charge in [-0.2, -0.15) is 0 Å². The van der Waals surface area contributed by atoms with Gasteiger partial charge in [0, 0.05) is 18.0 Å². The van der Waals surface area contributed by atoms with Gasteiger partial charge in [-0.15, -0.1) is 11.3 Å². The molecule has 21 heavy (non-hydrogen) atoms. The Kier molecular flexibility index (Phi) is 4.36. The molecule has 0 fully saturated rings. The third kappa shape index (κ3) is 3.34. The van der Waals surface area contributed by atoms with Crippen LogP contribution in [0.1, 0.15) is 24.7 Å². The maximum absolute atomic E-state index is 6.04. The molecule has 1 aromatic carbocycles. The lowest BCUT2D eigenvalue weighted by Crippen LogP contribution is -2.06. The summed E-state index contributed by atoms with van der Waals surface area (Å²) in [5, 5.41) is 7.29. The quantitative estimate of drug-likeness (QED) is 0.737. The summed E-state index contributed by atoms with van der Waals surface area (Å²) in [4.78, 5) is 10.4. The van der Waals surface area contributed by atoms with Crippen molar-refractivity contribution in [1.82, 2.24) is 9.97 Å². The van der Waals surface area contributed by atoms with Gasteiger partial charge in [-0.05, 0) is 35.6 Å². The Morgan fingerprint density at radius 2 is 2.14 bits per heavy atom. The van der Waals surface area contributed by atoms with Gasteiger partial charge < -0.3 is 5.32 Å². The van der Waals surface area contributed by atoms with Gasteiger partial charge in [-0.25, -0.2) is 9.97 Å². The Bertz CT molecular complexity index is 754. The van der Waals surface area contributed by atoms with Crippen LogP contribution in [0.15, 0.2) is 35.7 Å². The summed E-state index contributed by atoms with van der Waals surface area (Å²) in [6, 6.07) is 9.91. The molecule has 3 aromatic rings. The standard InChI is InChI=1S/C16H16ClN3S/c1-2-7-18-15-13-6-8-21-16(13)20-14(19-15)10-11-4-3-5-12(17)9-11/h3-6,8-9H,2,7,10H2,1H3,(H,18,19,20). The summed E-state index contributed by atoms with van der Waals surface area (Å²) < 4.78 is 0. The number of hydrogen-bond acceptors (Lipinski definition) is 4. The fourth-order valence-electron chi connectivity index (χ4n) is 2.19. The highest BCUT2D eigenvalue weighted by molar-refractivity contribution is 7.16. The first-order chi connectivity index (χ1) is 10.3. The number of halogens is 1. The average Bonchev–Trinajstić information content (AvgIpc) is 2.93. The molecular weight excluding hydrogens is 302 g/mol. The molecule has 0 aliphatic rings. The first kappa shape index (κ1) is 14.3. The van der Waals surface area contributed by atoms with Crippen molar-refractivity contribution in [3.05, 3.63) is 52.1 Å². The molecule has 0 spiro atoms. The molecule has 0 atom stereocenters. The Balaban J connectivity index is 1.94. The van der Waals surface area contributed by atoms with Crippen LogP contribution in [0.25, 0.3) is 10.2 Å². The number of aromatic nitrogens is 2. The summed E-state index contributed by atoms with van der Waals surface area (Å²) in [7, 11) is 0. The molecule has 0 saturated carbocycles. The van der Waals surface area contributed by atoms with Crippen molar-refractivity contribution in [2.75, 3.05) is 11.9 Å². The maximum atomic E-state index is 6.04. The Morgan fingerprint density at radius 1 is 1.24 bits per heavy atom. The molecule has 108 valence electrons. The molecule has 2 heterocycles. The second-order valence-corrected chi connectivity index (χ2v) is 6.19. The molecule has 3 rings (SSSR count). The van der Waals surface area contributed by atoms with Crippen LogP contribution in [0.3, 0.4) is 0 Å². The van der Waals surface area contributed by atoms with Crippen LogP contribution in [0.5, 0.6) is 0 Å². The molecule has 0 aliphatic carbocycles. The molecule has 0 amide bonds. The second kappa shape index (κ2) is 6.41. The van der Waals surface area contributed by atoms with Crippen molar-refractivity contribution in [1.29, 1.82) is 0 Å². The first-order valence-corrected chi connectivity index (χ1v) is 8.24. The highest BCUT2D eigenvalue weighted by Crippen LogP contribution is 2.26. The predicted molar refractivity (Wildman–Crippen MR) is 90.5 cm³/mol. The highest BCUT2D eigenvalue weighted by Gasteiger charge is 2.09. The molecule has 0 unspecified atom stereocenters. The monoisotopic (exact) mass is 317 g/mol. The van der Waals surface area contributed by atoms with E-state index in [0.717, 1.165) is 45.4 Å². The molecule has 0 saturated heterocycles. The number of nitrogens with one attached hydrogen (secondary N) is 1. The number of anilines is 1. The van der Waals surface area contributed by atoms with Crippen molar-refractivity contribution in [2.24, 2.45) is 0 Å². The third-order valence-electron chi connectivity index (χ3n) is 3.17. The lowest BCUT2D eigenvalue weighted by Gasteiger charge is -2.08. The van der Waals surface area contributed by atoms with Crippen LogP contribution < -0.4 is 5.32 Å². The van der Waals surface area contributed by atoms with Gasteiger partial charge in [0.1, 0.15) is 16.5 Å². The van der Waals surface area contributed by atoms with Crippen LogP contribution >= 0.6 is 22.9 Å². The molecule has 0 radical (unpaired) electrons. The Morgan fingerprint density at radius 3 is 2.95 bits per heavy atom. The second-order valence-electron chi connectivity index (χ2n) is 4.86. The maximum Gasteiger partial charge on any atom is 0.138 e. The highest BCUT2D eigenvalue weighted by atomic mass is 35.5. The van der Waals surface area contributed by atoms with Gasteiger partial charge in [0.05, 0.1) is 5.39 Å². The zero-order chi connectivity index (χ0) is 14.7. The molecule has 1 N–H and O–H groups in total. The van der Waals surface area contributed by atoms with Crippen LogP contribution in [-0.4, -0.2) is 16.5 Å². The third-order valence-corrected chi connectivity index (χ3v) is 4.21. The number of thiophene rings is 1. The summed E-state index contributed by atoms with van der Waals surface area (Å²) in [5.41, 5.74) is 1.12. The van der Waals surface area contributed by atoms with Crippen molar-refractivity contribution in [2.45, 2.75) is 19.8 Å². The van der Waals surface area contributed by atoms with E-state index >= 15 is 0 Å². The zero-order valence-corrected chi connectivity index (χ0v) is 13.3. The van der Waals surface area contributed by atoms with Crippen LogP contribution in [-0.2, 0) is 6.42 Å². The van der Waals surface area contributed by atoms with E-state index in [4.69, 9.17) is 11.6 Å². The van der Waals surface area contributed by atoms with E-state index in [1.54, 1.807) is 11.3 Å². The molecule has 0 bridgehead atoms. The first-order valence-electron chi connectivity index (χ1n) is 6.98. The fourth-order valence-corrected chi connectivity index (χ4v) is 3.18. The summed E-state index contributed by atoms with van der Waals surface area (Å²) in [5.74, 6) is 1.76. The number of fused-ring (bicyclic) bond motifs is 1. The molecule has 3 nitrogen and oxygen atoms in total. The smallest absolute Gasteiger partial charge is 0.138 e. The molecular formula is C16H16ClN3S. The average molecular weight is 318 g/mol. The SMILES string of the molecule is CCCNc1nc(Cc2cccc(Cl)c2)nc2sccc12. The van der Waals surface area contributed by atoms with Gasteiger partial charge in [-0.3, -0.25) is 0 Å². The van der Waals surface area contributed by atoms with E-state index in [1.807, 2.05) is 24.3 Å². The minimum atomic E-state index is 0.690. The fraction of sp³-hybridized carbons (Fsp3) is 0.250. The number of rotatable bonds is 5. The Labute approximate surface area is 133 Å². The lowest BCUT2D eigenvalue weighted by atomic mass is 10.1. The van der Waals surface area contributed by atoms with E-state index in [1.165, 1.54) is 0 Å². The molecule has 0 aliphatic heterocycles. The lowest BCUT2D eigenvalue weighted by molar-refractivity contribution is 0.948. The minimum Gasteiger partial charge on any atom is -0.369 e. The zero-order valence-electron chi connectivity index (χ0n) is 11.8. The number of nitrogens with zero attached hydrogens (tertiary/aromatic N) is 2. The van der Waals surface area contributed by atoms with E-state index in [9.17, 15) is 0 Å². The van der Waals surface area contributed by atoms with Crippen molar-refractivity contribution < 1.29 is 0 Å². The minimum absolute atomic E-state index is 0.690. The Hall–Kier alpha value is -1.65. The van der Waals surface area contributed by atoms with Crippen LogP contribution in [0.2, 0.25) is 5.02 Å². The van der Waals surface area contributed by atoms with Gasteiger partial charge in [0.15, 0.2) is 0 Å². The van der Waals surface area contributed by atoms with Crippen molar-refractivity contribution in [3.63, 3.8) is 0 Å². The molecule has 5 heteroatoms. The number of benzene rings is 1. The summed E-state index contributed by atoms with van der Waals surface area (Å²) in [6.07, 6.45) is 1.76.